The summed E-state index contributed by atoms with van der Waals surface area (Å²) in [6.07, 6.45) is 4.17. The summed E-state index contributed by atoms with van der Waals surface area (Å²) in [5.41, 5.74) is 2.13. The van der Waals surface area contributed by atoms with Crippen molar-refractivity contribution < 1.29 is 4.79 Å². The maximum Gasteiger partial charge on any atom is 0.170 e. The molecule has 3 heterocycles. The first-order valence-electron chi connectivity index (χ1n) is 5.34. The van der Waals surface area contributed by atoms with Crippen molar-refractivity contribution in [2.75, 3.05) is 0 Å². The van der Waals surface area contributed by atoms with E-state index in [0.717, 1.165) is 27.8 Å². The van der Waals surface area contributed by atoms with Crippen LogP contribution in [0.1, 0.15) is 10.5 Å². The molecule has 0 aliphatic rings. The van der Waals surface area contributed by atoms with E-state index in [-0.39, 0.29) is 0 Å². The quantitative estimate of drug-likeness (QED) is 0.540. The zero-order valence-electron chi connectivity index (χ0n) is 9.25. The first-order valence-corrected chi connectivity index (χ1v) is 6.13. The normalized spacial score (nSPS) is 10.7. The van der Waals surface area contributed by atoms with E-state index >= 15 is 0 Å². The lowest BCUT2D eigenvalue weighted by molar-refractivity contribution is 0.112. The molecule has 3 rings (SSSR count). The van der Waals surface area contributed by atoms with Crippen molar-refractivity contribution in [1.82, 2.24) is 14.4 Å². The van der Waals surface area contributed by atoms with Gasteiger partial charge < -0.3 is 0 Å². The van der Waals surface area contributed by atoms with Crippen molar-refractivity contribution in [2.24, 2.45) is 0 Å². The molecule has 0 unspecified atom stereocenters. The molecule has 0 N–H and O–H groups in total. The molecule has 0 radical (unpaired) electrons. The topological polar surface area (TPSA) is 47.3 Å². The van der Waals surface area contributed by atoms with Crippen molar-refractivity contribution in [3.63, 3.8) is 0 Å². The fourth-order valence-corrected chi connectivity index (χ4v) is 2.41. The van der Waals surface area contributed by atoms with E-state index in [1.54, 1.807) is 12.4 Å². The predicted molar refractivity (Wildman–Crippen MR) is 71.5 cm³/mol. The molecule has 3 aromatic rings. The fourth-order valence-electron chi connectivity index (χ4n) is 1.90. The van der Waals surface area contributed by atoms with Crippen molar-refractivity contribution in [1.29, 1.82) is 0 Å². The second-order valence-electron chi connectivity index (χ2n) is 3.74. The van der Waals surface area contributed by atoms with Crippen LogP contribution in [0.4, 0.5) is 0 Å². The highest BCUT2D eigenvalue weighted by atomic mass is 79.9. The van der Waals surface area contributed by atoms with E-state index in [1.165, 1.54) is 0 Å². The van der Waals surface area contributed by atoms with Gasteiger partial charge >= 0.3 is 0 Å². The molecule has 18 heavy (non-hydrogen) atoms. The van der Waals surface area contributed by atoms with E-state index in [2.05, 4.69) is 25.9 Å². The Morgan fingerprint density at radius 1 is 1.17 bits per heavy atom. The van der Waals surface area contributed by atoms with Gasteiger partial charge in [0.15, 0.2) is 6.29 Å². The van der Waals surface area contributed by atoms with Gasteiger partial charge in [-0.3, -0.25) is 14.2 Å². The third-order valence-corrected chi connectivity index (χ3v) is 3.31. The van der Waals surface area contributed by atoms with Gasteiger partial charge in [-0.25, -0.2) is 4.98 Å². The van der Waals surface area contributed by atoms with E-state index in [1.807, 2.05) is 34.7 Å². The summed E-state index contributed by atoms with van der Waals surface area (Å²) in [6.45, 7) is 0. The second kappa shape index (κ2) is 4.34. The number of nitrogens with zero attached hydrogens (tertiary/aromatic N) is 3. The number of hydrogen-bond acceptors (Lipinski definition) is 3. The molecule has 0 aromatic carbocycles. The molecule has 0 spiro atoms. The summed E-state index contributed by atoms with van der Waals surface area (Å²) in [5.74, 6) is 0.724. The van der Waals surface area contributed by atoms with Crippen LogP contribution in [0, 0.1) is 0 Å². The van der Waals surface area contributed by atoms with Gasteiger partial charge in [0.2, 0.25) is 0 Å². The van der Waals surface area contributed by atoms with Gasteiger partial charge in [0.05, 0.1) is 10.1 Å². The lowest BCUT2D eigenvalue weighted by Gasteiger charge is -2.03. The number of fused-ring (bicyclic) bond motifs is 1. The number of halogens is 1. The predicted octanol–water partition coefficient (Wildman–Crippen LogP) is 2.97. The first-order chi connectivity index (χ1) is 8.81. The van der Waals surface area contributed by atoms with Gasteiger partial charge in [0.1, 0.15) is 11.5 Å². The Morgan fingerprint density at radius 3 is 2.67 bits per heavy atom. The van der Waals surface area contributed by atoms with Gasteiger partial charge in [-0.15, -0.1) is 0 Å². The monoisotopic (exact) mass is 301 g/mol. The molecule has 0 atom stereocenters. The molecule has 0 amide bonds. The number of rotatable bonds is 2. The highest BCUT2D eigenvalue weighted by Crippen LogP contribution is 2.25. The second-order valence-corrected chi connectivity index (χ2v) is 4.56. The molecule has 0 aliphatic heterocycles. The van der Waals surface area contributed by atoms with Gasteiger partial charge in [-0.2, -0.15) is 0 Å². The third kappa shape index (κ3) is 1.64. The largest absolute Gasteiger partial charge is 0.296 e. The van der Waals surface area contributed by atoms with Crippen LogP contribution >= 0.6 is 15.9 Å². The van der Waals surface area contributed by atoms with Crippen LogP contribution < -0.4 is 0 Å². The minimum atomic E-state index is 0.433. The molecule has 0 fully saturated rings. The van der Waals surface area contributed by atoms with Crippen LogP contribution in [0.3, 0.4) is 0 Å². The molecule has 0 bridgehead atoms. The van der Waals surface area contributed by atoms with Crippen LogP contribution in [0.15, 0.2) is 47.3 Å². The Balaban J connectivity index is 2.40. The summed E-state index contributed by atoms with van der Waals surface area (Å²) in [7, 11) is 0. The first kappa shape index (κ1) is 11.1. The zero-order valence-corrected chi connectivity index (χ0v) is 10.8. The summed E-state index contributed by atoms with van der Waals surface area (Å²) >= 11 is 3.48. The molecular formula is C13H8BrN3O. The fraction of sp³-hybridized carbons (Fsp3) is 0. The molecule has 0 saturated carbocycles. The lowest BCUT2D eigenvalue weighted by Crippen LogP contribution is -1.91. The standard InChI is InChI=1S/C13H8BrN3O/c14-12-3-1-2-11-10(8-18)16-13(17(11)12)9-4-6-15-7-5-9/h1-8H. The third-order valence-electron chi connectivity index (χ3n) is 2.69. The average molecular weight is 302 g/mol. The van der Waals surface area contributed by atoms with Crippen LogP contribution in [-0.4, -0.2) is 20.7 Å². The zero-order chi connectivity index (χ0) is 12.5. The van der Waals surface area contributed by atoms with Crippen molar-refractivity contribution >= 4 is 27.7 Å². The van der Waals surface area contributed by atoms with Gasteiger partial charge in [-0.1, -0.05) is 6.07 Å². The van der Waals surface area contributed by atoms with E-state index in [4.69, 9.17) is 0 Å². The Hall–Kier alpha value is -2.01. The number of pyridine rings is 2. The number of carbonyl (C=O) groups excluding carboxylic acids is 1. The van der Waals surface area contributed by atoms with E-state index < -0.39 is 0 Å². The summed E-state index contributed by atoms with van der Waals surface area (Å²) in [5, 5.41) is 0. The highest BCUT2D eigenvalue weighted by Gasteiger charge is 2.13. The maximum atomic E-state index is 11.1. The number of aldehydes is 1. The molecule has 5 heteroatoms. The van der Waals surface area contributed by atoms with Crippen LogP contribution in [0.2, 0.25) is 0 Å². The number of carbonyl (C=O) groups is 1. The minimum absolute atomic E-state index is 0.433. The van der Waals surface area contributed by atoms with Gasteiger partial charge in [-0.05, 0) is 40.2 Å². The Labute approximate surface area is 111 Å². The molecule has 88 valence electrons. The van der Waals surface area contributed by atoms with Crippen LogP contribution in [-0.2, 0) is 0 Å². The molecular weight excluding hydrogens is 294 g/mol. The van der Waals surface area contributed by atoms with Crippen molar-refractivity contribution in [2.45, 2.75) is 0 Å². The summed E-state index contributed by atoms with van der Waals surface area (Å²) in [6, 6.07) is 9.39. The maximum absolute atomic E-state index is 11.1. The summed E-state index contributed by atoms with van der Waals surface area (Å²) < 4.78 is 2.76. The minimum Gasteiger partial charge on any atom is -0.296 e. The van der Waals surface area contributed by atoms with Crippen molar-refractivity contribution in [3.05, 3.63) is 53.0 Å². The molecule has 0 saturated heterocycles. The number of aromatic nitrogens is 3. The Kier molecular flexibility index (Phi) is 2.68. The van der Waals surface area contributed by atoms with E-state index in [9.17, 15) is 4.79 Å². The molecule has 3 aromatic heterocycles. The van der Waals surface area contributed by atoms with Crippen LogP contribution in [0.25, 0.3) is 16.9 Å². The molecule has 4 nitrogen and oxygen atoms in total. The average Bonchev–Trinajstić information content (AvgIpc) is 2.80. The van der Waals surface area contributed by atoms with Gasteiger partial charge in [0, 0.05) is 18.0 Å². The Morgan fingerprint density at radius 2 is 1.94 bits per heavy atom. The lowest BCUT2D eigenvalue weighted by atomic mass is 10.2. The number of imidazole rings is 1. The molecule has 0 aliphatic carbocycles. The van der Waals surface area contributed by atoms with E-state index in [0.29, 0.717) is 5.69 Å². The van der Waals surface area contributed by atoms with Crippen molar-refractivity contribution in [3.8, 4) is 11.4 Å². The number of hydrogen-bond donors (Lipinski definition) is 0. The Bertz CT molecular complexity index is 722. The highest BCUT2D eigenvalue weighted by molar-refractivity contribution is 9.10. The van der Waals surface area contributed by atoms with Gasteiger partial charge in [0.25, 0.3) is 0 Å². The van der Waals surface area contributed by atoms with Crippen LogP contribution in [0.5, 0.6) is 0 Å². The summed E-state index contributed by atoms with van der Waals surface area (Å²) in [4.78, 5) is 19.4. The smallest absolute Gasteiger partial charge is 0.170 e. The SMILES string of the molecule is O=Cc1nc(-c2ccncc2)n2c(Br)cccc12.